The molecule has 5 nitrogen and oxygen atoms in total. The highest BCUT2D eigenvalue weighted by atomic mass is 16.3. The zero-order valence-corrected chi connectivity index (χ0v) is 11.9. The van der Waals surface area contributed by atoms with E-state index in [2.05, 4.69) is 17.1 Å². The Morgan fingerprint density at radius 3 is 2.52 bits per heavy atom. The molecule has 21 heavy (non-hydrogen) atoms. The van der Waals surface area contributed by atoms with Crippen LogP contribution >= 0.6 is 0 Å². The molecule has 0 saturated heterocycles. The first-order chi connectivity index (χ1) is 10.3. The number of hydrogen-bond donors (Lipinski definition) is 1. The van der Waals surface area contributed by atoms with E-state index in [1.165, 1.54) is 0 Å². The van der Waals surface area contributed by atoms with Crippen LogP contribution in [0, 0.1) is 0 Å². The molecular formula is C16H18N4O. The summed E-state index contributed by atoms with van der Waals surface area (Å²) >= 11 is 0. The van der Waals surface area contributed by atoms with Gasteiger partial charge in [0.1, 0.15) is 6.10 Å². The number of nitrogens with zero attached hydrogens (tertiary/aromatic N) is 4. The summed E-state index contributed by atoms with van der Waals surface area (Å²) in [7, 11) is 0. The lowest BCUT2D eigenvalue weighted by Crippen LogP contribution is -1.99. The van der Waals surface area contributed by atoms with Crippen LogP contribution < -0.4 is 0 Å². The lowest BCUT2D eigenvalue weighted by Gasteiger charge is -2.05. The number of aromatic nitrogens is 4. The molecule has 1 atom stereocenters. The van der Waals surface area contributed by atoms with Crippen molar-refractivity contribution in [3.8, 4) is 5.69 Å². The van der Waals surface area contributed by atoms with Crippen LogP contribution in [0.4, 0.5) is 0 Å². The van der Waals surface area contributed by atoms with E-state index in [1.807, 2.05) is 47.4 Å². The van der Waals surface area contributed by atoms with Crippen molar-refractivity contribution < 1.29 is 5.11 Å². The first-order valence-electron chi connectivity index (χ1n) is 7.08. The van der Waals surface area contributed by atoms with Crippen molar-refractivity contribution in [2.75, 3.05) is 0 Å². The maximum Gasteiger partial charge on any atom is 0.110 e. The predicted octanol–water partition coefficient (Wildman–Crippen LogP) is 2.56. The molecule has 0 spiro atoms. The molecule has 3 rings (SSSR count). The minimum absolute atomic E-state index is 0.701. The zero-order chi connectivity index (χ0) is 14.7. The number of benzene rings is 1. The second-order valence-corrected chi connectivity index (χ2v) is 4.99. The highest BCUT2D eigenvalue weighted by Crippen LogP contribution is 2.21. The van der Waals surface area contributed by atoms with Gasteiger partial charge in [0.05, 0.1) is 18.1 Å². The van der Waals surface area contributed by atoms with Crippen LogP contribution in [-0.4, -0.2) is 24.7 Å². The van der Waals surface area contributed by atoms with Gasteiger partial charge < -0.3 is 5.11 Å². The van der Waals surface area contributed by atoms with Gasteiger partial charge in [-0.1, -0.05) is 25.1 Å². The largest absolute Gasteiger partial charge is 0.383 e. The molecule has 2 heterocycles. The van der Waals surface area contributed by atoms with E-state index >= 15 is 0 Å². The molecule has 1 N–H and O–H groups in total. The molecule has 0 aliphatic heterocycles. The average Bonchev–Trinajstić information content (AvgIpc) is 3.17. The molecule has 2 aromatic heterocycles. The minimum Gasteiger partial charge on any atom is -0.383 e. The van der Waals surface area contributed by atoms with Gasteiger partial charge in [-0.25, -0.2) is 4.68 Å². The Balaban J connectivity index is 1.82. The van der Waals surface area contributed by atoms with Crippen LogP contribution in [0.15, 0.2) is 55.1 Å². The normalized spacial score (nSPS) is 12.5. The lowest BCUT2D eigenvalue weighted by atomic mass is 10.1. The fourth-order valence-corrected chi connectivity index (χ4v) is 2.26. The van der Waals surface area contributed by atoms with Gasteiger partial charge >= 0.3 is 0 Å². The number of hydrogen-bond acceptors (Lipinski definition) is 3. The third-order valence-electron chi connectivity index (χ3n) is 3.36. The van der Waals surface area contributed by atoms with Crippen molar-refractivity contribution in [2.45, 2.75) is 26.0 Å². The highest BCUT2D eigenvalue weighted by Gasteiger charge is 2.15. The Bertz CT molecular complexity index is 702. The van der Waals surface area contributed by atoms with Crippen LogP contribution in [0.5, 0.6) is 0 Å². The second-order valence-electron chi connectivity index (χ2n) is 4.99. The molecule has 0 aliphatic carbocycles. The number of aliphatic hydroxyl groups is 1. The van der Waals surface area contributed by atoms with Gasteiger partial charge in [0.2, 0.25) is 0 Å². The predicted molar refractivity (Wildman–Crippen MR) is 80.1 cm³/mol. The maximum absolute atomic E-state index is 10.4. The average molecular weight is 282 g/mol. The summed E-state index contributed by atoms with van der Waals surface area (Å²) in [5.41, 5.74) is 2.52. The van der Waals surface area contributed by atoms with Crippen LogP contribution in [0.1, 0.15) is 30.6 Å². The van der Waals surface area contributed by atoms with Crippen molar-refractivity contribution in [2.24, 2.45) is 0 Å². The van der Waals surface area contributed by atoms with Crippen molar-refractivity contribution in [3.05, 3.63) is 66.2 Å². The fourth-order valence-electron chi connectivity index (χ4n) is 2.26. The van der Waals surface area contributed by atoms with Crippen molar-refractivity contribution in [1.82, 2.24) is 19.6 Å². The Morgan fingerprint density at radius 1 is 1.05 bits per heavy atom. The molecule has 1 unspecified atom stereocenters. The first-order valence-corrected chi connectivity index (χ1v) is 7.08. The number of para-hydroxylation sites is 1. The van der Waals surface area contributed by atoms with Gasteiger partial charge in [-0.15, -0.1) is 0 Å². The molecule has 0 radical (unpaired) electrons. The molecule has 0 fully saturated rings. The van der Waals surface area contributed by atoms with Gasteiger partial charge in [0.25, 0.3) is 0 Å². The highest BCUT2D eigenvalue weighted by molar-refractivity contribution is 5.32. The van der Waals surface area contributed by atoms with E-state index in [4.69, 9.17) is 0 Å². The van der Waals surface area contributed by atoms with Gasteiger partial charge in [0, 0.05) is 30.1 Å². The summed E-state index contributed by atoms with van der Waals surface area (Å²) in [4.78, 5) is 0. The summed E-state index contributed by atoms with van der Waals surface area (Å²) in [5, 5.41) is 19.0. The van der Waals surface area contributed by atoms with Crippen molar-refractivity contribution >= 4 is 0 Å². The fraction of sp³-hybridized carbons (Fsp3) is 0.250. The third kappa shape index (κ3) is 2.87. The van der Waals surface area contributed by atoms with Crippen LogP contribution in [0.3, 0.4) is 0 Å². The third-order valence-corrected chi connectivity index (χ3v) is 3.36. The molecule has 3 aromatic rings. The monoisotopic (exact) mass is 282 g/mol. The Labute approximate surface area is 123 Å². The molecule has 0 saturated carbocycles. The van der Waals surface area contributed by atoms with Crippen LogP contribution in [0.25, 0.3) is 5.69 Å². The molecule has 0 amide bonds. The van der Waals surface area contributed by atoms with Gasteiger partial charge in [-0.05, 0) is 18.6 Å². The van der Waals surface area contributed by atoms with E-state index < -0.39 is 6.10 Å². The Kier molecular flexibility index (Phi) is 3.83. The van der Waals surface area contributed by atoms with Gasteiger partial charge in [-0.3, -0.25) is 4.68 Å². The van der Waals surface area contributed by atoms with Gasteiger partial charge in [0.15, 0.2) is 0 Å². The zero-order valence-electron chi connectivity index (χ0n) is 11.9. The van der Waals surface area contributed by atoms with E-state index in [9.17, 15) is 5.11 Å². The number of aryl methyl sites for hydroxylation is 1. The molecule has 0 aliphatic rings. The molecule has 5 heteroatoms. The van der Waals surface area contributed by atoms with Gasteiger partial charge in [-0.2, -0.15) is 10.2 Å². The molecule has 1 aromatic carbocycles. The molecule has 108 valence electrons. The van der Waals surface area contributed by atoms with Crippen molar-refractivity contribution in [1.29, 1.82) is 0 Å². The maximum atomic E-state index is 10.4. The Hall–Kier alpha value is -2.40. The molecule has 0 bridgehead atoms. The number of rotatable bonds is 5. The quantitative estimate of drug-likeness (QED) is 0.782. The summed E-state index contributed by atoms with van der Waals surface area (Å²) in [6.45, 7) is 2.96. The second kappa shape index (κ2) is 5.93. The van der Waals surface area contributed by atoms with E-state index in [0.29, 0.717) is 0 Å². The van der Waals surface area contributed by atoms with Crippen LogP contribution in [-0.2, 0) is 6.54 Å². The minimum atomic E-state index is -0.701. The Morgan fingerprint density at radius 2 is 1.76 bits per heavy atom. The first kappa shape index (κ1) is 13.6. The summed E-state index contributed by atoms with van der Waals surface area (Å²) in [5.74, 6) is 0. The van der Waals surface area contributed by atoms with E-state index in [0.717, 1.165) is 29.8 Å². The van der Waals surface area contributed by atoms with E-state index in [1.54, 1.807) is 17.1 Å². The topological polar surface area (TPSA) is 55.9 Å². The summed E-state index contributed by atoms with van der Waals surface area (Å²) < 4.78 is 3.61. The standard InChI is InChI=1S/C16H18N4O/c1-2-8-19-11-13(9-17-19)16(21)14-10-18-20(12-14)15-6-4-3-5-7-15/h3-7,9-12,16,21H,2,8H2,1H3. The molecular weight excluding hydrogens is 264 g/mol. The SMILES string of the molecule is CCCn1cc(C(O)c2cnn(-c3ccccc3)c2)cn1. The summed E-state index contributed by atoms with van der Waals surface area (Å²) in [6, 6.07) is 9.83. The van der Waals surface area contributed by atoms with Crippen molar-refractivity contribution in [3.63, 3.8) is 0 Å². The smallest absolute Gasteiger partial charge is 0.110 e. The van der Waals surface area contributed by atoms with E-state index in [-0.39, 0.29) is 0 Å². The summed E-state index contributed by atoms with van der Waals surface area (Å²) in [6.07, 6.45) is 7.44. The van der Waals surface area contributed by atoms with Crippen LogP contribution in [0.2, 0.25) is 0 Å². The lowest BCUT2D eigenvalue weighted by molar-refractivity contribution is 0.220. The number of aliphatic hydroxyl groups excluding tert-OH is 1.